The lowest BCUT2D eigenvalue weighted by molar-refractivity contribution is 0.104. The fraction of sp³-hybridized carbons (Fsp3) is 0.400. The number of fused-ring (bicyclic) bond motifs is 1. The molecule has 3 heteroatoms. The molecule has 0 N–H and O–H groups in total. The fourth-order valence-corrected chi connectivity index (χ4v) is 2.00. The first kappa shape index (κ1) is 12.7. The van der Waals surface area contributed by atoms with E-state index in [0.29, 0.717) is 12.5 Å². The third kappa shape index (κ3) is 2.72. The summed E-state index contributed by atoms with van der Waals surface area (Å²) in [5.74, 6) is 0.566. The summed E-state index contributed by atoms with van der Waals surface area (Å²) >= 11 is 0. The Balaban J connectivity index is 2.08. The molecule has 0 radical (unpaired) electrons. The number of benzene rings is 1. The van der Waals surface area contributed by atoms with Crippen molar-refractivity contribution < 1.29 is 4.74 Å². The Morgan fingerprint density at radius 1 is 1.33 bits per heavy atom. The maximum atomic E-state index is 9.04. The third-order valence-corrected chi connectivity index (χ3v) is 2.86. The van der Waals surface area contributed by atoms with Crippen molar-refractivity contribution >= 4 is 10.9 Å². The zero-order chi connectivity index (χ0) is 13.0. The third-order valence-electron chi connectivity index (χ3n) is 2.86. The average molecular weight is 242 g/mol. The highest BCUT2D eigenvalue weighted by molar-refractivity contribution is 5.85. The van der Waals surface area contributed by atoms with E-state index in [2.05, 4.69) is 24.5 Å². The number of rotatable bonds is 5. The van der Waals surface area contributed by atoms with Crippen LogP contribution in [0.3, 0.4) is 0 Å². The smallest absolute Gasteiger partial charge is 0.0998 e. The van der Waals surface area contributed by atoms with Crippen LogP contribution in [0.4, 0.5) is 0 Å². The highest BCUT2D eigenvalue weighted by Crippen LogP contribution is 2.19. The molecule has 0 spiro atoms. The SMILES string of the molecule is CC(C)COCCn1ccc2c(C#N)cccc21. The monoisotopic (exact) mass is 242 g/mol. The van der Waals surface area contributed by atoms with Crippen molar-refractivity contribution in [3.05, 3.63) is 36.0 Å². The molecule has 0 aliphatic rings. The Kier molecular flexibility index (Phi) is 4.01. The summed E-state index contributed by atoms with van der Waals surface area (Å²) in [4.78, 5) is 0. The summed E-state index contributed by atoms with van der Waals surface area (Å²) < 4.78 is 7.72. The zero-order valence-corrected chi connectivity index (χ0v) is 10.9. The van der Waals surface area contributed by atoms with E-state index in [1.165, 1.54) is 0 Å². The summed E-state index contributed by atoms with van der Waals surface area (Å²) in [5, 5.41) is 10.1. The van der Waals surface area contributed by atoms with Gasteiger partial charge in [-0.3, -0.25) is 0 Å². The molecule has 0 amide bonds. The first-order valence-electron chi connectivity index (χ1n) is 6.28. The second-order valence-electron chi connectivity index (χ2n) is 4.83. The van der Waals surface area contributed by atoms with Gasteiger partial charge in [0.25, 0.3) is 0 Å². The quantitative estimate of drug-likeness (QED) is 0.755. The molecule has 1 aromatic heterocycles. The predicted molar refractivity (Wildman–Crippen MR) is 72.3 cm³/mol. The van der Waals surface area contributed by atoms with Gasteiger partial charge in [-0.25, -0.2) is 0 Å². The van der Waals surface area contributed by atoms with Crippen molar-refractivity contribution in [3.8, 4) is 6.07 Å². The molecule has 0 saturated carbocycles. The van der Waals surface area contributed by atoms with Crippen LogP contribution in [-0.2, 0) is 11.3 Å². The van der Waals surface area contributed by atoms with Crippen molar-refractivity contribution in [2.75, 3.05) is 13.2 Å². The van der Waals surface area contributed by atoms with Crippen molar-refractivity contribution in [2.24, 2.45) is 5.92 Å². The molecule has 94 valence electrons. The van der Waals surface area contributed by atoms with Crippen molar-refractivity contribution in [1.29, 1.82) is 5.26 Å². The lowest BCUT2D eigenvalue weighted by atomic mass is 10.1. The Morgan fingerprint density at radius 3 is 2.89 bits per heavy atom. The Hall–Kier alpha value is -1.79. The minimum Gasteiger partial charge on any atom is -0.379 e. The van der Waals surface area contributed by atoms with Gasteiger partial charge in [0.05, 0.1) is 18.2 Å². The van der Waals surface area contributed by atoms with Gasteiger partial charge in [-0.05, 0) is 24.1 Å². The molecule has 18 heavy (non-hydrogen) atoms. The first-order valence-corrected chi connectivity index (χ1v) is 6.28. The lowest BCUT2D eigenvalue weighted by Crippen LogP contribution is -2.08. The number of hydrogen-bond acceptors (Lipinski definition) is 2. The van der Waals surface area contributed by atoms with Gasteiger partial charge in [-0.2, -0.15) is 5.26 Å². The van der Waals surface area contributed by atoms with Crippen LogP contribution in [0.5, 0.6) is 0 Å². The Morgan fingerprint density at radius 2 is 2.17 bits per heavy atom. The summed E-state index contributed by atoms with van der Waals surface area (Å²) in [7, 11) is 0. The molecule has 1 aromatic carbocycles. The van der Waals surface area contributed by atoms with Crippen LogP contribution in [0, 0.1) is 17.2 Å². The molecule has 1 heterocycles. The van der Waals surface area contributed by atoms with Crippen molar-refractivity contribution in [3.63, 3.8) is 0 Å². The molecule has 0 unspecified atom stereocenters. The van der Waals surface area contributed by atoms with Crippen LogP contribution >= 0.6 is 0 Å². The number of aromatic nitrogens is 1. The van der Waals surface area contributed by atoms with Crippen LogP contribution in [0.2, 0.25) is 0 Å². The standard InChI is InChI=1S/C15H18N2O/c1-12(2)11-18-9-8-17-7-6-14-13(10-16)4-3-5-15(14)17/h3-7,12H,8-9,11H2,1-2H3. The van der Waals surface area contributed by atoms with E-state index >= 15 is 0 Å². The zero-order valence-electron chi connectivity index (χ0n) is 10.9. The maximum absolute atomic E-state index is 9.04. The molecule has 3 nitrogen and oxygen atoms in total. The minimum atomic E-state index is 0.566. The van der Waals surface area contributed by atoms with Gasteiger partial charge in [0, 0.05) is 30.3 Å². The van der Waals surface area contributed by atoms with Crippen LogP contribution in [0.25, 0.3) is 10.9 Å². The minimum absolute atomic E-state index is 0.566. The molecule has 0 bridgehead atoms. The average Bonchev–Trinajstić information content (AvgIpc) is 2.77. The number of ether oxygens (including phenoxy) is 1. The first-order chi connectivity index (χ1) is 8.72. The van der Waals surface area contributed by atoms with E-state index in [1.54, 1.807) is 0 Å². The summed E-state index contributed by atoms with van der Waals surface area (Å²) in [6, 6.07) is 10.0. The second kappa shape index (κ2) is 5.70. The summed E-state index contributed by atoms with van der Waals surface area (Å²) in [6.07, 6.45) is 2.02. The van der Waals surface area contributed by atoms with E-state index < -0.39 is 0 Å². The molecule has 0 fully saturated rings. The van der Waals surface area contributed by atoms with E-state index in [9.17, 15) is 0 Å². The summed E-state index contributed by atoms with van der Waals surface area (Å²) in [6.45, 7) is 6.61. The van der Waals surface area contributed by atoms with Crippen molar-refractivity contribution in [1.82, 2.24) is 4.57 Å². The van der Waals surface area contributed by atoms with E-state index in [4.69, 9.17) is 10.00 Å². The lowest BCUT2D eigenvalue weighted by Gasteiger charge is -2.08. The van der Waals surface area contributed by atoms with E-state index in [-0.39, 0.29) is 0 Å². The van der Waals surface area contributed by atoms with Gasteiger partial charge in [0.15, 0.2) is 0 Å². The highest BCUT2D eigenvalue weighted by atomic mass is 16.5. The molecule has 2 rings (SSSR count). The Labute approximate surface area is 108 Å². The van der Waals surface area contributed by atoms with Gasteiger partial charge in [-0.15, -0.1) is 0 Å². The maximum Gasteiger partial charge on any atom is 0.0998 e. The van der Waals surface area contributed by atoms with Gasteiger partial charge in [-0.1, -0.05) is 19.9 Å². The van der Waals surface area contributed by atoms with Gasteiger partial charge >= 0.3 is 0 Å². The van der Waals surface area contributed by atoms with Crippen LogP contribution < -0.4 is 0 Å². The van der Waals surface area contributed by atoms with Crippen LogP contribution in [0.1, 0.15) is 19.4 Å². The van der Waals surface area contributed by atoms with Gasteiger partial charge in [0.2, 0.25) is 0 Å². The number of nitrogens with zero attached hydrogens (tertiary/aromatic N) is 2. The van der Waals surface area contributed by atoms with Crippen LogP contribution in [0.15, 0.2) is 30.5 Å². The molecule has 0 aliphatic heterocycles. The van der Waals surface area contributed by atoms with Gasteiger partial charge in [0.1, 0.15) is 0 Å². The molecule has 0 atom stereocenters. The number of hydrogen-bond donors (Lipinski definition) is 0. The largest absolute Gasteiger partial charge is 0.379 e. The molecule has 0 saturated heterocycles. The fourth-order valence-electron chi connectivity index (χ4n) is 2.00. The molecular formula is C15H18N2O. The van der Waals surface area contributed by atoms with E-state index in [1.807, 2.05) is 30.5 Å². The highest BCUT2D eigenvalue weighted by Gasteiger charge is 2.04. The number of nitriles is 1. The topological polar surface area (TPSA) is 38.0 Å². The second-order valence-corrected chi connectivity index (χ2v) is 4.83. The van der Waals surface area contributed by atoms with E-state index in [0.717, 1.165) is 29.6 Å². The molecule has 0 aliphatic carbocycles. The van der Waals surface area contributed by atoms with Crippen molar-refractivity contribution in [2.45, 2.75) is 20.4 Å². The Bertz CT molecular complexity index is 563. The summed E-state index contributed by atoms with van der Waals surface area (Å²) in [5.41, 5.74) is 1.83. The molecular weight excluding hydrogens is 224 g/mol. The molecule has 2 aromatic rings. The van der Waals surface area contributed by atoms with Gasteiger partial charge < -0.3 is 9.30 Å². The predicted octanol–water partition coefficient (Wildman–Crippen LogP) is 3.19. The normalized spacial score (nSPS) is 11.0. The van der Waals surface area contributed by atoms with Crippen LogP contribution in [-0.4, -0.2) is 17.8 Å².